The van der Waals surface area contributed by atoms with Crippen molar-refractivity contribution in [3.63, 3.8) is 0 Å². The third-order valence-corrected chi connectivity index (χ3v) is 5.42. The normalized spacial score (nSPS) is 20.1. The lowest BCUT2D eigenvalue weighted by atomic mass is 9.80. The Labute approximate surface area is 158 Å². The van der Waals surface area contributed by atoms with Crippen LogP contribution in [0.3, 0.4) is 0 Å². The molecule has 2 heterocycles. The molecule has 1 aromatic heterocycles. The lowest BCUT2D eigenvalue weighted by Gasteiger charge is -2.42. The highest BCUT2D eigenvalue weighted by Crippen LogP contribution is 2.28. The number of benzene rings is 1. The zero-order valence-electron chi connectivity index (χ0n) is 14.6. The fraction of sp³-hybridized carbons (Fsp3) is 0.500. The highest BCUT2D eigenvalue weighted by atomic mass is 35.5. The summed E-state index contributed by atoms with van der Waals surface area (Å²) in [5.74, 6) is 0.392. The monoisotopic (exact) mass is 385 g/mol. The van der Waals surface area contributed by atoms with Crippen molar-refractivity contribution in [2.45, 2.75) is 39.5 Å². The summed E-state index contributed by atoms with van der Waals surface area (Å²) in [5.41, 5.74) is 7.41. The lowest BCUT2D eigenvalue weighted by molar-refractivity contribution is 0.0890. The molecule has 2 N–H and O–H groups in total. The molecule has 0 radical (unpaired) electrons. The van der Waals surface area contributed by atoms with Gasteiger partial charge in [0.25, 0.3) is 0 Å². The average Bonchev–Trinajstić information content (AvgIpc) is 2.98. The number of hydrogen-bond donors (Lipinski definition) is 1. The van der Waals surface area contributed by atoms with Gasteiger partial charge in [0.05, 0.1) is 5.69 Å². The van der Waals surface area contributed by atoms with Crippen molar-refractivity contribution in [2.75, 3.05) is 13.1 Å². The number of hydrogen-bond acceptors (Lipinski definition) is 5. The SMILES string of the molecule is CC1(C)CN(Cc2csc(COc3ccc(F)cc3)n2)CCC1N.Cl. The summed E-state index contributed by atoms with van der Waals surface area (Å²) in [4.78, 5) is 7.07. The minimum Gasteiger partial charge on any atom is -0.486 e. The van der Waals surface area contributed by atoms with Crippen LogP contribution in [0.4, 0.5) is 4.39 Å². The fourth-order valence-corrected chi connectivity index (χ4v) is 3.71. The van der Waals surface area contributed by atoms with Crippen LogP contribution in [-0.4, -0.2) is 29.0 Å². The summed E-state index contributed by atoms with van der Waals surface area (Å²) in [6.45, 7) is 7.73. The Morgan fingerprint density at radius 2 is 2.08 bits per heavy atom. The molecule has 1 fully saturated rings. The van der Waals surface area contributed by atoms with Gasteiger partial charge in [-0.1, -0.05) is 13.8 Å². The first-order valence-electron chi connectivity index (χ1n) is 8.22. The van der Waals surface area contributed by atoms with E-state index in [1.807, 2.05) is 0 Å². The summed E-state index contributed by atoms with van der Waals surface area (Å²) in [6.07, 6.45) is 1.03. The van der Waals surface area contributed by atoms with E-state index in [-0.39, 0.29) is 29.7 Å². The molecule has 1 aliphatic rings. The molecule has 1 aliphatic heterocycles. The van der Waals surface area contributed by atoms with Gasteiger partial charge in [0, 0.05) is 31.1 Å². The molecule has 0 amide bonds. The number of rotatable bonds is 5. The molecule has 7 heteroatoms. The summed E-state index contributed by atoms with van der Waals surface area (Å²) in [5, 5.41) is 3.02. The number of aromatic nitrogens is 1. The summed E-state index contributed by atoms with van der Waals surface area (Å²) in [7, 11) is 0. The molecule has 138 valence electrons. The van der Waals surface area contributed by atoms with Crippen LogP contribution < -0.4 is 10.5 Å². The Morgan fingerprint density at radius 3 is 2.76 bits per heavy atom. The van der Waals surface area contributed by atoms with E-state index in [9.17, 15) is 4.39 Å². The van der Waals surface area contributed by atoms with Crippen LogP contribution in [0.1, 0.15) is 31.0 Å². The second kappa shape index (κ2) is 8.45. The number of piperidine rings is 1. The number of nitrogens with zero attached hydrogens (tertiary/aromatic N) is 2. The predicted octanol–water partition coefficient (Wildman–Crippen LogP) is 3.84. The molecule has 3 rings (SSSR count). The number of nitrogens with two attached hydrogens (primary N) is 1. The van der Waals surface area contributed by atoms with Crippen LogP contribution in [0.15, 0.2) is 29.6 Å². The molecule has 1 unspecified atom stereocenters. The van der Waals surface area contributed by atoms with Gasteiger partial charge in [-0.25, -0.2) is 9.37 Å². The topological polar surface area (TPSA) is 51.4 Å². The number of likely N-dealkylation sites (tertiary alicyclic amines) is 1. The number of ether oxygens (including phenoxy) is 1. The van der Waals surface area contributed by atoms with E-state index in [1.165, 1.54) is 12.1 Å². The first kappa shape index (κ1) is 20.1. The standard InChI is InChI=1S/C18H24FN3OS.ClH/c1-18(2)12-22(8-7-16(18)20)9-14-11-24-17(21-14)10-23-15-5-3-13(19)4-6-15;/h3-6,11,16H,7-10,12,20H2,1-2H3;1H. The first-order valence-corrected chi connectivity index (χ1v) is 9.10. The predicted molar refractivity (Wildman–Crippen MR) is 102 cm³/mol. The van der Waals surface area contributed by atoms with Gasteiger partial charge in [-0.3, -0.25) is 4.90 Å². The van der Waals surface area contributed by atoms with Gasteiger partial charge in [0.2, 0.25) is 0 Å². The maximum absolute atomic E-state index is 12.9. The molecule has 0 bridgehead atoms. The van der Waals surface area contributed by atoms with Gasteiger partial charge >= 0.3 is 0 Å². The molecule has 1 aromatic carbocycles. The fourth-order valence-electron chi connectivity index (χ4n) is 3.01. The minimum atomic E-state index is -0.261. The van der Waals surface area contributed by atoms with Crippen LogP contribution in [0, 0.1) is 11.2 Å². The van der Waals surface area contributed by atoms with E-state index in [4.69, 9.17) is 10.5 Å². The number of thiazole rings is 1. The van der Waals surface area contributed by atoms with Crippen molar-refractivity contribution in [1.82, 2.24) is 9.88 Å². The van der Waals surface area contributed by atoms with E-state index in [0.717, 1.165) is 36.8 Å². The van der Waals surface area contributed by atoms with E-state index < -0.39 is 0 Å². The smallest absolute Gasteiger partial charge is 0.140 e. The molecular weight excluding hydrogens is 361 g/mol. The maximum Gasteiger partial charge on any atom is 0.140 e. The summed E-state index contributed by atoms with van der Waals surface area (Å²) in [6, 6.07) is 6.31. The summed E-state index contributed by atoms with van der Waals surface area (Å²) >= 11 is 1.60. The van der Waals surface area contributed by atoms with Gasteiger partial charge in [-0.15, -0.1) is 23.7 Å². The van der Waals surface area contributed by atoms with Gasteiger partial charge in [0.1, 0.15) is 23.2 Å². The molecule has 0 spiro atoms. The Bertz CT molecular complexity index is 677. The third-order valence-electron chi connectivity index (χ3n) is 4.55. The third kappa shape index (κ3) is 5.38. The molecule has 1 atom stereocenters. The highest BCUT2D eigenvalue weighted by Gasteiger charge is 2.33. The second-order valence-corrected chi connectivity index (χ2v) is 8.01. The van der Waals surface area contributed by atoms with Crippen LogP contribution >= 0.6 is 23.7 Å². The van der Waals surface area contributed by atoms with Crippen LogP contribution in [-0.2, 0) is 13.2 Å². The maximum atomic E-state index is 12.9. The first-order chi connectivity index (χ1) is 11.4. The van der Waals surface area contributed by atoms with Crippen molar-refractivity contribution in [3.8, 4) is 5.75 Å². The highest BCUT2D eigenvalue weighted by molar-refractivity contribution is 7.09. The molecule has 1 saturated heterocycles. The zero-order valence-corrected chi connectivity index (χ0v) is 16.2. The van der Waals surface area contributed by atoms with Crippen LogP contribution in [0.5, 0.6) is 5.75 Å². The van der Waals surface area contributed by atoms with Crippen LogP contribution in [0.2, 0.25) is 0 Å². The molecule has 0 saturated carbocycles. The van der Waals surface area contributed by atoms with Crippen molar-refractivity contribution < 1.29 is 9.13 Å². The quantitative estimate of drug-likeness (QED) is 0.849. The lowest BCUT2D eigenvalue weighted by Crippen LogP contribution is -2.52. The molecule has 2 aromatic rings. The van der Waals surface area contributed by atoms with Gasteiger partial charge in [0.15, 0.2) is 0 Å². The van der Waals surface area contributed by atoms with E-state index >= 15 is 0 Å². The summed E-state index contributed by atoms with van der Waals surface area (Å²) < 4.78 is 18.5. The second-order valence-electron chi connectivity index (χ2n) is 7.07. The number of halogens is 2. The minimum absolute atomic E-state index is 0. The van der Waals surface area contributed by atoms with Gasteiger partial charge in [-0.05, 0) is 36.1 Å². The largest absolute Gasteiger partial charge is 0.486 e. The van der Waals surface area contributed by atoms with Crippen molar-refractivity contribution in [3.05, 3.63) is 46.2 Å². The van der Waals surface area contributed by atoms with Gasteiger partial charge < -0.3 is 10.5 Å². The molecule has 4 nitrogen and oxygen atoms in total. The Morgan fingerprint density at radius 1 is 1.36 bits per heavy atom. The van der Waals surface area contributed by atoms with Crippen molar-refractivity contribution in [1.29, 1.82) is 0 Å². The zero-order chi connectivity index (χ0) is 17.2. The average molecular weight is 386 g/mol. The molecule has 0 aliphatic carbocycles. The Kier molecular flexibility index (Phi) is 6.79. The van der Waals surface area contributed by atoms with E-state index in [0.29, 0.717) is 12.4 Å². The Balaban J connectivity index is 0.00000225. The van der Waals surface area contributed by atoms with Gasteiger partial charge in [-0.2, -0.15) is 0 Å². The van der Waals surface area contributed by atoms with E-state index in [1.54, 1.807) is 23.5 Å². The van der Waals surface area contributed by atoms with E-state index in [2.05, 4.69) is 29.1 Å². The molecular formula is C18H25ClFN3OS. The van der Waals surface area contributed by atoms with Crippen LogP contribution in [0.25, 0.3) is 0 Å². The molecule has 25 heavy (non-hydrogen) atoms. The van der Waals surface area contributed by atoms with Crippen molar-refractivity contribution >= 4 is 23.7 Å². The van der Waals surface area contributed by atoms with Crippen molar-refractivity contribution in [2.24, 2.45) is 11.1 Å². The Hall–Kier alpha value is -1.21.